The van der Waals surface area contributed by atoms with Crippen LogP contribution in [0.2, 0.25) is 0 Å². The lowest BCUT2D eigenvalue weighted by atomic mass is 10.1. The van der Waals surface area contributed by atoms with Gasteiger partial charge in [-0.3, -0.25) is 9.59 Å². The van der Waals surface area contributed by atoms with Gasteiger partial charge < -0.3 is 14.4 Å². The number of aryl methyl sites for hydroxylation is 1. The van der Waals surface area contributed by atoms with Gasteiger partial charge in [0.15, 0.2) is 23.1 Å². The van der Waals surface area contributed by atoms with E-state index >= 15 is 0 Å². The fourth-order valence-corrected chi connectivity index (χ4v) is 2.98. The van der Waals surface area contributed by atoms with Gasteiger partial charge in [-0.25, -0.2) is 0 Å². The highest BCUT2D eigenvalue weighted by Gasteiger charge is 2.07. The van der Waals surface area contributed by atoms with Crippen molar-refractivity contribution in [1.29, 1.82) is 0 Å². The number of allylic oxidation sites excluding steroid dienone is 2. The van der Waals surface area contributed by atoms with Gasteiger partial charge in [-0.05, 0) is 42.0 Å². The molecule has 3 rings (SSSR count). The fraction of sp³-hybridized carbons (Fsp3) is 0.130. The number of fused-ring (bicyclic) bond motifs is 1. The number of aromatic nitrogens is 1. The number of para-hydroxylation sites is 1. The number of aromatic hydroxyl groups is 1. The minimum Gasteiger partial charge on any atom is -0.504 e. The summed E-state index contributed by atoms with van der Waals surface area (Å²) in [6.07, 6.45) is 7.82. The number of rotatable bonds is 7. The maximum absolute atomic E-state index is 12.1. The summed E-state index contributed by atoms with van der Waals surface area (Å²) in [4.78, 5) is 24.1. The van der Waals surface area contributed by atoms with Crippen LogP contribution in [0.15, 0.2) is 60.8 Å². The van der Waals surface area contributed by atoms with Crippen molar-refractivity contribution < 1.29 is 19.4 Å². The molecule has 0 radical (unpaired) electrons. The number of phenols is 1. The number of carbonyl (C=O) groups excluding carboxylic acids is 2. The van der Waals surface area contributed by atoms with E-state index < -0.39 is 0 Å². The first-order valence-electron chi connectivity index (χ1n) is 8.81. The van der Waals surface area contributed by atoms with Crippen molar-refractivity contribution in [3.05, 3.63) is 71.9 Å². The van der Waals surface area contributed by atoms with Crippen molar-refractivity contribution in [2.75, 3.05) is 7.11 Å². The molecule has 1 N–H and O–H groups in total. The fourth-order valence-electron chi connectivity index (χ4n) is 2.98. The van der Waals surface area contributed by atoms with Gasteiger partial charge >= 0.3 is 0 Å². The Hall–Kier alpha value is -3.60. The van der Waals surface area contributed by atoms with E-state index in [-0.39, 0.29) is 23.7 Å². The average molecular weight is 375 g/mol. The number of carbonyl (C=O) groups is 2. The molecule has 5 heteroatoms. The molecule has 0 bridgehead atoms. The number of benzene rings is 2. The highest BCUT2D eigenvalue weighted by molar-refractivity contribution is 6.11. The zero-order valence-electron chi connectivity index (χ0n) is 15.8. The van der Waals surface area contributed by atoms with Gasteiger partial charge in [0, 0.05) is 29.7 Å². The highest BCUT2D eigenvalue weighted by Crippen LogP contribution is 2.26. The molecule has 1 aromatic heterocycles. The van der Waals surface area contributed by atoms with Gasteiger partial charge in [0.2, 0.25) is 0 Å². The molecular formula is C23H21NO4. The molecule has 0 fully saturated rings. The van der Waals surface area contributed by atoms with E-state index in [1.807, 2.05) is 42.1 Å². The molecule has 0 aliphatic carbocycles. The molecule has 0 spiro atoms. The van der Waals surface area contributed by atoms with Crippen LogP contribution in [0, 0.1) is 0 Å². The maximum atomic E-state index is 12.1. The molecule has 1 heterocycles. The van der Waals surface area contributed by atoms with Crippen LogP contribution in [-0.4, -0.2) is 28.3 Å². The van der Waals surface area contributed by atoms with Crippen molar-refractivity contribution in [1.82, 2.24) is 4.57 Å². The Morgan fingerprint density at radius 1 is 1.07 bits per heavy atom. The average Bonchev–Trinajstić information content (AvgIpc) is 3.01. The molecule has 28 heavy (non-hydrogen) atoms. The molecule has 5 nitrogen and oxygen atoms in total. The van der Waals surface area contributed by atoms with E-state index in [0.717, 1.165) is 16.5 Å². The van der Waals surface area contributed by atoms with Gasteiger partial charge in [-0.2, -0.15) is 0 Å². The number of methoxy groups -OCH3 is 1. The van der Waals surface area contributed by atoms with Crippen molar-refractivity contribution in [3.63, 3.8) is 0 Å². The predicted molar refractivity (Wildman–Crippen MR) is 110 cm³/mol. The Morgan fingerprint density at radius 3 is 2.50 bits per heavy atom. The summed E-state index contributed by atoms with van der Waals surface area (Å²) in [5.74, 6) is -0.216. The molecule has 0 saturated carbocycles. The van der Waals surface area contributed by atoms with Gasteiger partial charge in [0.25, 0.3) is 0 Å². The number of phenolic OH excluding ortho intramolecular Hbond substituents is 1. The van der Waals surface area contributed by atoms with Crippen LogP contribution < -0.4 is 4.74 Å². The highest BCUT2D eigenvalue weighted by atomic mass is 16.5. The molecule has 0 unspecified atom stereocenters. The normalized spacial score (nSPS) is 11.5. The first kappa shape index (κ1) is 19.2. The zero-order valence-corrected chi connectivity index (χ0v) is 15.8. The smallest absolute Gasteiger partial charge is 0.163 e. The van der Waals surface area contributed by atoms with Crippen LogP contribution in [0.4, 0.5) is 0 Å². The number of nitrogens with zero attached hydrogens (tertiary/aromatic N) is 1. The molecule has 0 amide bonds. The largest absolute Gasteiger partial charge is 0.504 e. The second kappa shape index (κ2) is 8.39. The summed E-state index contributed by atoms with van der Waals surface area (Å²) in [6.45, 7) is 0. The summed E-state index contributed by atoms with van der Waals surface area (Å²) < 4.78 is 6.97. The third kappa shape index (κ3) is 4.38. The monoisotopic (exact) mass is 375 g/mol. The van der Waals surface area contributed by atoms with E-state index in [1.54, 1.807) is 24.3 Å². The lowest BCUT2D eigenvalue weighted by Gasteiger charge is -2.03. The van der Waals surface area contributed by atoms with Crippen molar-refractivity contribution in [2.45, 2.75) is 6.42 Å². The lowest BCUT2D eigenvalue weighted by Crippen LogP contribution is -2.01. The number of ether oxygens (including phenoxy) is 1. The summed E-state index contributed by atoms with van der Waals surface area (Å²) >= 11 is 0. The standard InChI is InChI=1S/C23H21NO4/c1-24-15-17(20-5-3-4-6-21(20)24)9-11-19(26)14-18(25)10-7-16-8-12-23(28-2)22(27)13-16/h3-13,15,27H,14H2,1-2H3. The van der Waals surface area contributed by atoms with Gasteiger partial charge in [0.05, 0.1) is 13.5 Å². The first-order valence-corrected chi connectivity index (χ1v) is 8.81. The van der Waals surface area contributed by atoms with Crippen LogP contribution in [0.3, 0.4) is 0 Å². The van der Waals surface area contributed by atoms with Crippen molar-refractivity contribution in [2.24, 2.45) is 7.05 Å². The minimum absolute atomic E-state index is 0.00815. The Balaban J connectivity index is 1.63. The summed E-state index contributed by atoms with van der Waals surface area (Å²) in [5, 5.41) is 10.8. The van der Waals surface area contributed by atoms with Crippen LogP contribution in [0.1, 0.15) is 17.5 Å². The molecule has 0 aliphatic rings. The third-order valence-corrected chi connectivity index (χ3v) is 4.39. The molecule has 0 saturated heterocycles. The Labute approximate surface area is 163 Å². The second-order valence-corrected chi connectivity index (χ2v) is 6.42. The second-order valence-electron chi connectivity index (χ2n) is 6.42. The third-order valence-electron chi connectivity index (χ3n) is 4.39. The van der Waals surface area contributed by atoms with Gasteiger partial charge in [-0.15, -0.1) is 0 Å². The number of hydrogen-bond donors (Lipinski definition) is 1. The first-order chi connectivity index (χ1) is 13.5. The predicted octanol–water partition coefficient (Wildman–Crippen LogP) is 4.15. The minimum atomic E-state index is -0.303. The van der Waals surface area contributed by atoms with Crippen LogP contribution in [-0.2, 0) is 16.6 Å². The molecule has 2 aromatic carbocycles. The molecular weight excluding hydrogens is 354 g/mol. The summed E-state index contributed by atoms with van der Waals surface area (Å²) in [6, 6.07) is 12.7. The van der Waals surface area contributed by atoms with Crippen molar-refractivity contribution in [3.8, 4) is 11.5 Å². The van der Waals surface area contributed by atoms with Gasteiger partial charge in [-0.1, -0.05) is 30.3 Å². The Morgan fingerprint density at radius 2 is 1.79 bits per heavy atom. The van der Waals surface area contributed by atoms with E-state index in [9.17, 15) is 14.7 Å². The zero-order chi connectivity index (χ0) is 20.1. The Bertz CT molecular complexity index is 1090. The van der Waals surface area contributed by atoms with Crippen molar-refractivity contribution >= 4 is 34.6 Å². The van der Waals surface area contributed by atoms with E-state index in [0.29, 0.717) is 11.3 Å². The number of hydrogen-bond acceptors (Lipinski definition) is 4. The van der Waals surface area contributed by atoms with E-state index in [4.69, 9.17) is 4.74 Å². The SMILES string of the molecule is COc1ccc(C=CC(=O)CC(=O)C=Cc2cn(C)c3ccccc23)cc1O. The topological polar surface area (TPSA) is 68.5 Å². The maximum Gasteiger partial charge on any atom is 0.163 e. The molecule has 142 valence electrons. The van der Waals surface area contributed by atoms with Crippen LogP contribution >= 0.6 is 0 Å². The van der Waals surface area contributed by atoms with Gasteiger partial charge in [0.1, 0.15) is 0 Å². The van der Waals surface area contributed by atoms with Crippen LogP contribution in [0.25, 0.3) is 23.1 Å². The number of ketones is 2. The molecule has 3 aromatic rings. The van der Waals surface area contributed by atoms with Crippen LogP contribution in [0.5, 0.6) is 11.5 Å². The van der Waals surface area contributed by atoms with E-state index in [1.165, 1.54) is 25.3 Å². The quantitative estimate of drug-likeness (QED) is 0.498. The molecule has 0 aliphatic heterocycles. The molecule has 0 atom stereocenters. The lowest BCUT2D eigenvalue weighted by molar-refractivity contribution is -0.121. The van der Waals surface area contributed by atoms with E-state index in [2.05, 4.69) is 0 Å². The summed E-state index contributed by atoms with van der Waals surface area (Å²) in [7, 11) is 3.41. The summed E-state index contributed by atoms with van der Waals surface area (Å²) in [5.41, 5.74) is 2.66. The Kier molecular flexibility index (Phi) is 5.75.